The second kappa shape index (κ2) is 5.78. The van der Waals surface area contributed by atoms with Crippen LogP contribution >= 0.6 is 0 Å². The Kier molecular flexibility index (Phi) is 4.32. The van der Waals surface area contributed by atoms with Crippen LogP contribution in [-0.2, 0) is 11.3 Å². The molecule has 1 aromatic rings. The van der Waals surface area contributed by atoms with E-state index in [1.54, 1.807) is 6.20 Å². The van der Waals surface area contributed by atoms with E-state index < -0.39 is 0 Å². The first-order valence-corrected chi connectivity index (χ1v) is 6.47. The molecule has 0 aromatic carbocycles. The fraction of sp³-hybridized carbons (Fsp3) is 0.643. The van der Waals surface area contributed by atoms with Crippen molar-refractivity contribution < 1.29 is 9.84 Å². The van der Waals surface area contributed by atoms with E-state index in [2.05, 4.69) is 29.8 Å². The van der Waals surface area contributed by atoms with Gasteiger partial charge in [-0.25, -0.2) is 0 Å². The SMILES string of the molecule is CC(C)N(Cc1cccnc1)CC1(CO)COC1. The molecule has 0 spiro atoms. The predicted octanol–water partition coefficient (Wildman–Crippen LogP) is 1.30. The number of nitrogens with zero attached hydrogens (tertiary/aromatic N) is 2. The summed E-state index contributed by atoms with van der Waals surface area (Å²) in [6.07, 6.45) is 3.69. The minimum Gasteiger partial charge on any atom is -0.396 e. The first kappa shape index (κ1) is 13.5. The molecule has 0 atom stereocenters. The van der Waals surface area contributed by atoms with Crippen molar-refractivity contribution in [2.75, 3.05) is 26.4 Å². The summed E-state index contributed by atoms with van der Waals surface area (Å²) in [7, 11) is 0. The highest BCUT2D eigenvalue weighted by Gasteiger charge is 2.40. The lowest BCUT2D eigenvalue weighted by Crippen LogP contribution is -2.54. The maximum atomic E-state index is 9.51. The number of rotatable bonds is 6. The van der Waals surface area contributed by atoms with Crippen LogP contribution in [0.2, 0.25) is 0 Å². The van der Waals surface area contributed by atoms with Crippen molar-refractivity contribution in [2.24, 2.45) is 5.41 Å². The molecule has 1 aliphatic rings. The fourth-order valence-electron chi connectivity index (χ4n) is 2.20. The van der Waals surface area contributed by atoms with E-state index in [0.717, 1.165) is 13.1 Å². The Morgan fingerprint density at radius 3 is 2.72 bits per heavy atom. The summed E-state index contributed by atoms with van der Waals surface area (Å²) in [5.74, 6) is 0. The van der Waals surface area contributed by atoms with Gasteiger partial charge in [-0.1, -0.05) is 6.07 Å². The van der Waals surface area contributed by atoms with Crippen molar-refractivity contribution in [1.29, 1.82) is 0 Å². The molecule has 1 fully saturated rings. The largest absolute Gasteiger partial charge is 0.396 e. The summed E-state index contributed by atoms with van der Waals surface area (Å²) in [6.45, 7) is 7.63. The van der Waals surface area contributed by atoms with E-state index in [1.807, 2.05) is 12.3 Å². The number of aromatic nitrogens is 1. The Labute approximate surface area is 109 Å². The quantitative estimate of drug-likeness (QED) is 0.826. The molecule has 0 bridgehead atoms. The number of hydrogen-bond donors (Lipinski definition) is 1. The second-order valence-electron chi connectivity index (χ2n) is 5.51. The van der Waals surface area contributed by atoms with Gasteiger partial charge in [0.2, 0.25) is 0 Å². The lowest BCUT2D eigenvalue weighted by molar-refractivity contribution is -0.151. The molecule has 0 unspecified atom stereocenters. The maximum absolute atomic E-state index is 9.51. The average molecular weight is 250 g/mol. The lowest BCUT2D eigenvalue weighted by Gasteiger charge is -2.44. The number of ether oxygens (including phenoxy) is 1. The fourth-order valence-corrected chi connectivity index (χ4v) is 2.20. The Balaban J connectivity index is 2.00. The van der Waals surface area contributed by atoms with Crippen LogP contribution in [-0.4, -0.2) is 47.4 Å². The minimum atomic E-state index is -0.0630. The summed E-state index contributed by atoms with van der Waals surface area (Å²) in [5.41, 5.74) is 1.14. The Morgan fingerprint density at radius 2 is 2.28 bits per heavy atom. The summed E-state index contributed by atoms with van der Waals surface area (Å²) >= 11 is 0. The standard InChI is InChI=1S/C14H22N2O2/c1-12(2)16(7-13-4-3-5-15-6-13)8-14(9-17)10-18-11-14/h3-6,12,17H,7-11H2,1-2H3. The number of pyridine rings is 1. The summed E-state index contributed by atoms with van der Waals surface area (Å²) in [6, 6.07) is 4.49. The van der Waals surface area contributed by atoms with E-state index in [9.17, 15) is 5.11 Å². The van der Waals surface area contributed by atoms with Gasteiger partial charge in [0.1, 0.15) is 0 Å². The van der Waals surface area contributed by atoms with Gasteiger partial charge in [0.15, 0.2) is 0 Å². The predicted molar refractivity (Wildman–Crippen MR) is 70.1 cm³/mol. The van der Waals surface area contributed by atoms with Gasteiger partial charge in [0, 0.05) is 31.5 Å². The molecule has 4 nitrogen and oxygen atoms in total. The highest BCUT2D eigenvalue weighted by Crippen LogP contribution is 2.29. The van der Waals surface area contributed by atoms with Gasteiger partial charge in [-0.05, 0) is 25.5 Å². The highest BCUT2D eigenvalue weighted by atomic mass is 16.5. The summed E-state index contributed by atoms with van der Waals surface area (Å²) < 4.78 is 5.26. The van der Waals surface area contributed by atoms with Crippen LogP contribution in [0.4, 0.5) is 0 Å². The number of hydrogen-bond acceptors (Lipinski definition) is 4. The molecule has 18 heavy (non-hydrogen) atoms. The molecule has 1 N–H and O–H groups in total. The van der Waals surface area contributed by atoms with E-state index in [0.29, 0.717) is 19.3 Å². The highest BCUT2D eigenvalue weighted by molar-refractivity contribution is 5.08. The van der Waals surface area contributed by atoms with Crippen LogP contribution < -0.4 is 0 Å². The van der Waals surface area contributed by atoms with Crippen molar-refractivity contribution in [3.63, 3.8) is 0 Å². The Bertz CT molecular complexity index is 358. The van der Waals surface area contributed by atoms with Gasteiger partial charge in [-0.15, -0.1) is 0 Å². The van der Waals surface area contributed by atoms with Crippen molar-refractivity contribution in [3.8, 4) is 0 Å². The van der Waals surface area contributed by atoms with Crippen LogP contribution in [0.25, 0.3) is 0 Å². The molecule has 1 aliphatic heterocycles. The van der Waals surface area contributed by atoms with Crippen molar-refractivity contribution in [2.45, 2.75) is 26.4 Å². The van der Waals surface area contributed by atoms with Crippen LogP contribution in [0.1, 0.15) is 19.4 Å². The summed E-state index contributed by atoms with van der Waals surface area (Å²) in [5, 5.41) is 9.51. The van der Waals surface area contributed by atoms with E-state index in [-0.39, 0.29) is 12.0 Å². The van der Waals surface area contributed by atoms with Gasteiger partial charge in [-0.2, -0.15) is 0 Å². The van der Waals surface area contributed by atoms with Crippen molar-refractivity contribution >= 4 is 0 Å². The van der Waals surface area contributed by atoms with Gasteiger partial charge in [0.25, 0.3) is 0 Å². The zero-order chi connectivity index (χ0) is 13.0. The third-order valence-electron chi connectivity index (χ3n) is 3.53. The molecular formula is C14H22N2O2. The molecule has 0 saturated carbocycles. The first-order chi connectivity index (χ1) is 8.65. The van der Waals surface area contributed by atoms with Gasteiger partial charge in [-0.3, -0.25) is 9.88 Å². The molecule has 1 saturated heterocycles. The Hall–Kier alpha value is -0.970. The molecule has 0 radical (unpaired) electrons. The Morgan fingerprint density at radius 1 is 1.50 bits per heavy atom. The van der Waals surface area contributed by atoms with E-state index in [1.165, 1.54) is 5.56 Å². The van der Waals surface area contributed by atoms with Gasteiger partial charge >= 0.3 is 0 Å². The molecule has 100 valence electrons. The third kappa shape index (κ3) is 3.07. The van der Waals surface area contributed by atoms with Crippen LogP contribution in [0, 0.1) is 5.41 Å². The lowest BCUT2D eigenvalue weighted by atomic mass is 9.86. The third-order valence-corrected chi connectivity index (χ3v) is 3.53. The minimum absolute atomic E-state index is 0.0630. The number of aliphatic hydroxyl groups excluding tert-OH is 1. The molecule has 4 heteroatoms. The molecule has 1 aromatic heterocycles. The number of aliphatic hydroxyl groups is 1. The van der Waals surface area contributed by atoms with Crippen LogP contribution in [0.5, 0.6) is 0 Å². The molecule has 2 heterocycles. The van der Waals surface area contributed by atoms with Gasteiger partial charge < -0.3 is 9.84 Å². The normalized spacial score (nSPS) is 18.1. The second-order valence-corrected chi connectivity index (χ2v) is 5.51. The maximum Gasteiger partial charge on any atom is 0.0579 e. The van der Waals surface area contributed by atoms with Crippen LogP contribution in [0.15, 0.2) is 24.5 Å². The van der Waals surface area contributed by atoms with E-state index in [4.69, 9.17) is 4.74 Å². The topological polar surface area (TPSA) is 45.6 Å². The van der Waals surface area contributed by atoms with Gasteiger partial charge in [0.05, 0.1) is 25.2 Å². The zero-order valence-corrected chi connectivity index (χ0v) is 11.2. The average Bonchev–Trinajstić information content (AvgIpc) is 2.33. The van der Waals surface area contributed by atoms with Crippen LogP contribution in [0.3, 0.4) is 0 Å². The van der Waals surface area contributed by atoms with Crippen molar-refractivity contribution in [3.05, 3.63) is 30.1 Å². The monoisotopic (exact) mass is 250 g/mol. The smallest absolute Gasteiger partial charge is 0.0579 e. The molecular weight excluding hydrogens is 228 g/mol. The van der Waals surface area contributed by atoms with E-state index >= 15 is 0 Å². The first-order valence-electron chi connectivity index (χ1n) is 6.47. The molecule has 0 aliphatic carbocycles. The zero-order valence-electron chi connectivity index (χ0n) is 11.2. The molecule has 0 amide bonds. The van der Waals surface area contributed by atoms with Crippen molar-refractivity contribution in [1.82, 2.24) is 9.88 Å². The molecule has 2 rings (SSSR count). The summed E-state index contributed by atoms with van der Waals surface area (Å²) in [4.78, 5) is 6.52.